The molecule has 1 aliphatic heterocycles. The van der Waals surface area contributed by atoms with Crippen molar-refractivity contribution in [2.45, 2.75) is 6.10 Å². The van der Waals surface area contributed by atoms with Gasteiger partial charge in [0, 0.05) is 37.8 Å². The van der Waals surface area contributed by atoms with Crippen LogP contribution in [0.3, 0.4) is 0 Å². The molecule has 0 spiro atoms. The van der Waals surface area contributed by atoms with E-state index in [4.69, 9.17) is 10.5 Å². The van der Waals surface area contributed by atoms with E-state index in [1.165, 1.54) is 0 Å². The average Bonchev–Trinajstić information content (AvgIpc) is 2.71. The first-order chi connectivity index (χ1) is 6.90. The maximum atomic E-state index is 5.66. The van der Waals surface area contributed by atoms with Gasteiger partial charge in [0.15, 0.2) is 0 Å². The molecule has 94 valence electrons. The summed E-state index contributed by atoms with van der Waals surface area (Å²) >= 11 is 1.66. The number of hydrogen-bond donors (Lipinski definition) is 1. The Hall–Kier alpha value is 0.0900. The van der Waals surface area contributed by atoms with Gasteiger partial charge in [0.25, 0.3) is 0 Å². The number of halogens is 2. The van der Waals surface area contributed by atoms with E-state index in [2.05, 4.69) is 9.88 Å². The van der Waals surface area contributed by atoms with Gasteiger partial charge in [-0.2, -0.15) is 0 Å². The maximum Gasteiger partial charge on any atom is 0.123 e. The van der Waals surface area contributed by atoms with Crippen molar-refractivity contribution in [3.8, 4) is 0 Å². The number of nitrogens with zero attached hydrogens (tertiary/aromatic N) is 2. The second kappa shape index (κ2) is 8.22. The molecule has 2 rings (SSSR count). The molecule has 2 N–H and O–H groups in total. The summed E-state index contributed by atoms with van der Waals surface area (Å²) in [5, 5.41) is 3.06. The number of hydrogen-bond acceptors (Lipinski definition) is 5. The molecule has 0 saturated carbocycles. The minimum Gasteiger partial charge on any atom is -0.368 e. The van der Waals surface area contributed by atoms with Gasteiger partial charge >= 0.3 is 0 Å². The third kappa shape index (κ3) is 4.16. The van der Waals surface area contributed by atoms with Crippen molar-refractivity contribution < 1.29 is 4.74 Å². The van der Waals surface area contributed by atoms with Gasteiger partial charge in [0.1, 0.15) is 11.1 Å². The van der Waals surface area contributed by atoms with Crippen LogP contribution in [-0.4, -0.2) is 42.7 Å². The molecular formula is C9H17Cl2N3OS. The molecule has 0 aliphatic carbocycles. The average molecular weight is 286 g/mol. The molecule has 1 aromatic rings. The third-order valence-corrected chi connectivity index (χ3v) is 3.19. The number of aromatic nitrogens is 1. The molecule has 1 aliphatic rings. The van der Waals surface area contributed by atoms with Crippen LogP contribution in [0.2, 0.25) is 0 Å². The molecule has 1 atom stereocenters. The molecule has 0 radical (unpaired) electrons. The fourth-order valence-corrected chi connectivity index (χ4v) is 2.31. The Morgan fingerprint density at radius 1 is 1.56 bits per heavy atom. The Morgan fingerprint density at radius 2 is 2.38 bits per heavy atom. The largest absolute Gasteiger partial charge is 0.368 e. The highest BCUT2D eigenvalue weighted by atomic mass is 35.5. The van der Waals surface area contributed by atoms with Crippen molar-refractivity contribution in [3.05, 3.63) is 16.6 Å². The van der Waals surface area contributed by atoms with Gasteiger partial charge in [-0.1, -0.05) is 0 Å². The number of morpholine rings is 1. The molecule has 0 bridgehead atoms. The summed E-state index contributed by atoms with van der Waals surface area (Å²) in [7, 11) is 0. The van der Waals surface area contributed by atoms with Crippen LogP contribution in [0.1, 0.15) is 11.1 Å². The Labute approximate surface area is 112 Å². The van der Waals surface area contributed by atoms with E-state index in [1.54, 1.807) is 11.3 Å². The minimum absolute atomic E-state index is 0. The van der Waals surface area contributed by atoms with Crippen LogP contribution >= 0.6 is 36.2 Å². The highest BCUT2D eigenvalue weighted by Crippen LogP contribution is 2.23. The van der Waals surface area contributed by atoms with Crippen molar-refractivity contribution in [1.82, 2.24) is 9.88 Å². The Morgan fingerprint density at radius 3 is 3.00 bits per heavy atom. The van der Waals surface area contributed by atoms with Crippen molar-refractivity contribution >= 4 is 36.2 Å². The van der Waals surface area contributed by atoms with Crippen LogP contribution in [0.4, 0.5) is 0 Å². The quantitative estimate of drug-likeness (QED) is 0.910. The number of ether oxygens (including phenoxy) is 1. The molecule has 1 aromatic heterocycles. The van der Waals surface area contributed by atoms with Crippen LogP contribution in [0, 0.1) is 0 Å². The van der Waals surface area contributed by atoms with E-state index in [0.717, 1.165) is 31.2 Å². The van der Waals surface area contributed by atoms with Crippen molar-refractivity contribution in [2.75, 3.05) is 32.8 Å². The van der Waals surface area contributed by atoms with Crippen molar-refractivity contribution in [2.24, 2.45) is 5.73 Å². The lowest BCUT2D eigenvalue weighted by Gasteiger charge is -2.31. The summed E-state index contributed by atoms with van der Waals surface area (Å²) in [6.45, 7) is 4.35. The van der Waals surface area contributed by atoms with Crippen LogP contribution in [0.15, 0.2) is 11.6 Å². The molecule has 16 heavy (non-hydrogen) atoms. The van der Waals surface area contributed by atoms with E-state index in [-0.39, 0.29) is 30.9 Å². The van der Waals surface area contributed by atoms with E-state index < -0.39 is 0 Å². The summed E-state index contributed by atoms with van der Waals surface area (Å²) in [6.07, 6.45) is 1.97. The van der Waals surface area contributed by atoms with Gasteiger partial charge in [-0.25, -0.2) is 4.98 Å². The van der Waals surface area contributed by atoms with Gasteiger partial charge in [0.05, 0.1) is 6.61 Å². The Bertz CT molecular complexity index is 272. The van der Waals surface area contributed by atoms with E-state index >= 15 is 0 Å². The predicted molar refractivity (Wildman–Crippen MR) is 70.8 cm³/mol. The fourth-order valence-electron chi connectivity index (χ4n) is 1.63. The summed E-state index contributed by atoms with van der Waals surface area (Å²) in [4.78, 5) is 6.60. The second-order valence-electron chi connectivity index (χ2n) is 3.32. The summed E-state index contributed by atoms with van der Waals surface area (Å²) in [5.74, 6) is 0. The van der Waals surface area contributed by atoms with Crippen LogP contribution < -0.4 is 5.73 Å². The number of rotatable bonds is 3. The van der Waals surface area contributed by atoms with Crippen LogP contribution in [0.25, 0.3) is 0 Å². The van der Waals surface area contributed by atoms with Crippen molar-refractivity contribution in [1.29, 1.82) is 0 Å². The molecule has 1 unspecified atom stereocenters. The van der Waals surface area contributed by atoms with Gasteiger partial charge in [-0.15, -0.1) is 36.2 Å². The van der Waals surface area contributed by atoms with Gasteiger partial charge in [-0.05, 0) is 0 Å². The lowest BCUT2D eigenvalue weighted by atomic mass is 10.3. The monoisotopic (exact) mass is 285 g/mol. The highest BCUT2D eigenvalue weighted by molar-refractivity contribution is 7.09. The zero-order valence-corrected chi connectivity index (χ0v) is 11.3. The molecule has 0 aromatic carbocycles. The Kier molecular flexibility index (Phi) is 8.27. The fraction of sp³-hybridized carbons (Fsp3) is 0.667. The standard InChI is InChI=1S/C9H15N3OS.2ClH/c10-1-3-12-4-5-13-8(7-12)9-11-2-6-14-9;;/h2,6,8H,1,3-5,7,10H2;2*1H. The molecule has 1 fully saturated rings. The zero-order chi connectivity index (χ0) is 9.80. The number of thiazole rings is 1. The first-order valence-electron chi connectivity index (χ1n) is 4.83. The van der Waals surface area contributed by atoms with Gasteiger partial charge in [-0.3, -0.25) is 4.90 Å². The smallest absolute Gasteiger partial charge is 0.123 e. The topological polar surface area (TPSA) is 51.4 Å². The van der Waals surface area contributed by atoms with E-state index in [0.29, 0.717) is 6.54 Å². The minimum atomic E-state index is 0. The first kappa shape index (κ1) is 16.1. The summed E-state index contributed by atoms with van der Waals surface area (Å²) < 4.78 is 5.66. The third-order valence-electron chi connectivity index (χ3n) is 2.32. The summed E-state index contributed by atoms with van der Waals surface area (Å²) in [6, 6.07) is 0. The lowest BCUT2D eigenvalue weighted by molar-refractivity contribution is -0.0289. The molecule has 0 amide bonds. The maximum absolute atomic E-state index is 5.66. The van der Waals surface area contributed by atoms with E-state index in [9.17, 15) is 0 Å². The van der Waals surface area contributed by atoms with Crippen LogP contribution in [-0.2, 0) is 4.74 Å². The molecule has 7 heteroatoms. The molecule has 1 saturated heterocycles. The second-order valence-corrected chi connectivity index (χ2v) is 4.25. The normalized spacial score (nSPS) is 20.9. The van der Waals surface area contributed by atoms with Crippen LogP contribution in [0.5, 0.6) is 0 Å². The van der Waals surface area contributed by atoms with E-state index in [1.807, 2.05) is 11.6 Å². The lowest BCUT2D eigenvalue weighted by Crippen LogP contribution is -2.40. The molecule has 4 nitrogen and oxygen atoms in total. The highest BCUT2D eigenvalue weighted by Gasteiger charge is 2.22. The predicted octanol–water partition coefficient (Wildman–Crippen LogP) is 1.32. The summed E-state index contributed by atoms with van der Waals surface area (Å²) in [5.41, 5.74) is 5.53. The number of nitrogens with two attached hydrogens (primary N) is 1. The molecular weight excluding hydrogens is 269 g/mol. The Balaban J connectivity index is 0.00000112. The first-order valence-corrected chi connectivity index (χ1v) is 5.71. The molecule has 2 heterocycles. The zero-order valence-electron chi connectivity index (χ0n) is 8.87. The van der Waals surface area contributed by atoms with Crippen molar-refractivity contribution in [3.63, 3.8) is 0 Å². The SMILES string of the molecule is Cl.Cl.NCCN1CCOC(c2nccs2)C1. The van der Waals surface area contributed by atoms with Gasteiger partial charge in [0.2, 0.25) is 0 Å². The van der Waals surface area contributed by atoms with Gasteiger partial charge < -0.3 is 10.5 Å².